The fourth-order valence-corrected chi connectivity index (χ4v) is 6.62. The number of aliphatic hydroxyl groups excluding tert-OH is 1. The van der Waals surface area contributed by atoms with Crippen molar-refractivity contribution in [1.82, 2.24) is 0 Å². The van der Waals surface area contributed by atoms with Gasteiger partial charge >= 0.3 is 11.9 Å². The summed E-state index contributed by atoms with van der Waals surface area (Å²) in [4.78, 5) is 23.6. The van der Waals surface area contributed by atoms with E-state index in [4.69, 9.17) is 14.2 Å². The van der Waals surface area contributed by atoms with Gasteiger partial charge in [0.2, 0.25) is 0 Å². The molecule has 0 radical (unpaired) electrons. The first-order chi connectivity index (χ1) is 13.4. The highest BCUT2D eigenvalue weighted by molar-refractivity contribution is 5.70. The lowest BCUT2D eigenvalue weighted by Crippen LogP contribution is -2.64. The molecule has 2 fully saturated rings. The van der Waals surface area contributed by atoms with Crippen LogP contribution in [0.15, 0.2) is 11.6 Å². The molecule has 164 valence electrons. The summed E-state index contributed by atoms with van der Waals surface area (Å²) in [5, 5.41) is 11.2. The lowest BCUT2D eigenvalue weighted by atomic mass is 9.46. The first-order valence-electron chi connectivity index (χ1n) is 10.7. The van der Waals surface area contributed by atoms with Crippen LogP contribution in [0.1, 0.15) is 73.1 Å². The predicted molar refractivity (Wildman–Crippen MR) is 108 cm³/mol. The van der Waals surface area contributed by atoms with Gasteiger partial charge in [-0.15, -0.1) is 0 Å². The number of methoxy groups -OCH3 is 1. The van der Waals surface area contributed by atoms with Crippen molar-refractivity contribution in [2.75, 3.05) is 13.7 Å². The second kappa shape index (κ2) is 7.38. The van der Waals surface area contributed by atoms with E-state index in [9.17, 15) is 14.7 Å². The van der Waals surface area contributed by atoms with Gasteiger partial charge < -0.3 is 19.3 Å². The Bertz CT molecular complexity index is 712. The summed E-state index contributed by atoms with van der Waals surface area (Å²) in [7, 11) is 1.39. The van der Waals surface area contributed by atoms with Gasteiger partial charge in [0.15, 0.2) is 0 Å². The lowest BCUT2D eigenvalue weighted by molar-refractivity contribution is -0.212. The molecule has 1 spiro atoms. The molecule has 1 heterocycles. The van der Waals surface area contributed by atoms with E-state index in [1.54, 1.807) is 0 Å². The summed E-state index contributed by atoms with van der Waals surface area (Å²) in [6.45, 7) is 10.1. The van der Waals surface area contributed by atoms with E-state index in [0.717, 1.165) is 31.3 Å². The molecule has 1 saturated carbocycles. The molecule has 0 bridgehead atoms. The van der Waals surface area contributed by atoms with E-state index >= 15 is 0 Å². The van der Waals surface area contributed by atoms with Crippen LogP contribution in [-0.2, 0) is 23.8 Å². The van der Waals surface area contributed by atoms with E-state index in [1.165, 1.54) is 14.0 Å². The third-order valence-corrected chi connectivity index (χ3v) is 7.80. The van der Waals surface area contributed by atoms with Gasteiger partial charge in [0.05, 0.1) is 30.8 Å². The van der Waals surface area contributed by atoms with Gasteiger partial charge in [0.1, 0.15) is 6.61 Å². The number of hydrogen-bond donors (Lipinski definition) is 1. The van der Waals surface area contributed by atoms with E-state index in [2.05, 4.69) is 20.8 Å². The highest BCUT2D eigenvalue weighted by Gasteiger charge is 2.67. The van der Waals surface area contributed by atoms with E-state index in [-0.39, 0.29) is 41.7 Å². The summed E-state index contributed by atoms with van der Waals surface area (Å²) in [5.41, 5.74) is -0.878. The van der Waals surface area contributed by atoms with Crippen molar-refractivity contribution in [2.24, 2.45) is 16.7 Å². The number of carbonyl (C=O) groups is 2. The quantitative estimate of drug-likeness (QED) is 0.566. The highest BCUT2D eigenvalue weighted by Crippen LogP contribution is 2.66. The van der Waals surface area contributed by atoms with Crippen LogP contribution in [0.25, 0.3) is 0 Å². The first kappa shape index (κ1) is 22.3. The summed E-state index contributed by atoms with van der Waals surface area (Å²) in [6, 6.07) is 0. The molecular formula is C23H36O6. The second-order valence-corrected chi connectivity index (χ2v) is 10.3. The Hall–Kier alpha value is -1.40. The van der Waals surface area contributed by atoms with Gasteiger partial charge in [0.25, 0.3) is 0 Å². The molecule has 29 heavy (non-hydrogen) atoms. The molecule has 1 N–H and O–H groups in total. The minimum Gasteiger partial charge on any atom is -0.469 e. The third-order valence-electron chi connectivity index (χ3n) is 7.80. The van der Waals surface area contributed by atoms with Crippen molar-refractivity contribution < 1.29 is 28.9 Å². The van der Waals surface area contributed by atoms with Crippen molar-refractivity contribution in [2.45, 2.75) is 90.4 Å². The zero-order chi connectivity index (χ0) is 21.7. The van der Waals surface area contributed by atoms with Crippen LogP contribution in [0.2, 0.25) is 0 Å². The van der Waals surface area contributed by atoms with Crippen molar-refractivity contribution in [3.05, 3.63) is 11.6 Å². The third kappa shape index (κ3) is 3.63. The average molecular weight is 409 g/mol. The Morgan fingerprint density at radius 1 is 1.17 bits per heavy atom. The van der Waals surface area contributed by atoms with Gasteiger partial charge in [-0.1, -0.05) is 33.3 Å². The van der Waals surface area contributed by atoms with Crippen LogP contribution in [0.5, 0.6) is 0 Å². The van der Waals surface area contributed by atoms with Gasteiger partial charge in [0, 0.05) is 18.3 Å². The number of esters is 2. The SMILES string of the molecule is COC(=O)C[C@@]1(C)CC[C@]2(O1)C(COC(C)=O)=C[C@@H](O)[C@@H]1C(C)(C)CCC[C@]12C. The molecule has 6 heteroatoms. The number of ether oxygens (including phenoxy) is 3. The Balaban J connectivity index is 2.07. The molecule has 1 aliphatic heterocycles. The molecule has 0 amide bonds. The molecular weight excluding hydrogens is 372 g/mol. The molecule has 3 rings (SSSR count). The zero-order valence-electron chi connectivity index (χ0n) is 18.7. The number of aliphatic hydroxyl groups is 1. The molecule has 6 nitrogen and oxygen atoms in total. The Morgan fingerprint density at radius 2 is 1.86 bits per heavy atom. The molecule has 3 aliphatic rings. The van der Waals surface area contributed by atoms with Crippen molar-refractivity contribution in [1.29, 1.82) is 0 Å². The first-order valence-corrected chi connectivity index (χ1v) is 10.7. The zero-order valence-corrected chi connectivity index (χ0v) is 18.7. The maximum Gasteiger partial charge on any atom is 0.308 e. The molecule has 0 aromatic carbocycles. The van der Waals surface area contributed by atoms with Crippen molar-refractivity contribution in [3.63, 3.8) is 0 Å². The smallest absolute Gasteiger partial charge is 0.308 e. The second-order valence-electron chi connectivity index (χ2n) is 10.3. The molecule has 5 atom stereocenters. The fraction of sp³-hybridized carbons (Fsp3) is 0.826. The molecule has 0 aromatic rings. The average Bonchev–Trinajstić information content (AvgIpc) is 2.95. The lowest BCUT2D eigenvalue weighted by Gasteiger charge is -2.62. The largest absolute Gasteiger partial charge is 0.469 e. The maximum atomic E-state index is 12.0. The van der Waals surface area contributed by atoms with Crippen LogP contribution in [0.3, 0.4) is 0 Å². The van der Waals surface area contributed by atoms with Crippen LogP contribution < -0.4 is 0 Å². The maximum absolute atomic E-state index is 12.0. The van der Waals surface area contributed by atoms with Gasteiger partial charge in [-0.25, -0.2) is 0 Å². The van der Waals surface area contributed by atoms with Gasteiger partial charge in [-0.3, -0.25) is 9.59 Å². The number of fused-ring (bicyclic) bond motifs is 2. The summed E-state index contributed by atoms with van der Waals surface area (Å²) < 4.78 is 17.1. The molecule has 0 aromatic heterocycles. The Morgan fingerprint density at radius 3 is 2.48 bits per heavy atom. The van der Waals surface area contributed by atoms with Crippen LogP contribution in [-0.4, -0.2) is 48.1 Å². The normalized spacial score (nSPS) is 40.9. The van der Waals surface area contributed by atoms with E-state index < -0.39 is 17.3 Å². The molecule has 2 aliphatic carbocycles. The van der Waals surface area contributed by atoms with Crippen molar-refractivity contribution >= 4 is 11.9 Å². The van der Waals surface area contributed by atoms with Gasteiger partial charge in [-0.2, -0.15) is 0 Å². The van der Waals surface area contributed by atoms with Crippen molar-refractivity contribution in [3.8, 4) is 0 Å². The van der Waals surface area contributed by atoms with Crippen LogP contribution >= 0.6 is 0 Å². The Kier molecular flexibility index (Phi) is 5.67. The minimum atomic E-state index is -0.674. The number of carbonyl (C=O) groups excluding carboxylic acids is 2. The monoisotopic (exact) mass is 408 g/mol. The highest BCUT2D eigenvalue weighted by atomic mass is 16.6. The standard InChI is InChI=1S/C23H36O6/c1-15(24)28-14-16-12-17(25)19-20(2,3)8-7-9-22(19,5)23(16)11-10-21(4,29-23)13-18(26)27-6/h12,17,19,25H,7-11,13-14H2,1-6H3/t17-,19-,21-,22-,23+/m1/s1. The van der Waals surface area contributed by atoms with Crippen LogP contribution in [0.4, 0.5) is 0 Å². The fourth-order valence-electron chi connectivity index (χ4n) is 6.62. The summed E-state index contributed by atoms with van der Waals surface area (Å²) in [5.74, 6) is -0.635. The van der Waals surface area contributed by atoms with Gasteiger partial charge in [-0.05, 0) is 43.6 Å². The molecule has 0 unspecified atom stereocenters. The van der Waals surface area contributed by atoms with E-state index in [1.807, 2.05) is 13.0 Å². The van der Waals surface area contributed by atoms with Crippen LogP contribution in [0, 0.1) is 16.7 Å². The number of hydrogen-bond acceptors (Lipinski definition) is 6. The Labute approximate surface area is 174 Å². The minimum absolute atomic E-state index is 0.0188. The summed E-state index contributed by atoms with van der Waals surface area (Å²) >= 11 is 0. The summed E-state index contributed by atoms with van der Waals surface area (Å²) in [6.07, 6.45) is 5.86. The van der Waals surface area contributed by atoms with E-state index in [0.29, 0.717) is 6.42 Å². The predicted octanol–water partition coefficient (Wildman–Crippen LogP) is 3.55. The number of rotatable bonds is 4. The molecule has 1 saturated heterocycles. The topological polar surface area (TPSA) is 82.1 Å².